The summed E-state index contributed by atoms with van der Waals surface area (Å²) in [6, 6.07) is 0. The zero-order chi connectivity index (χ0) is 9.35. The Hall–Kier alpha value is -0.110. The van der Waals surface area contributed by atoms with Crippen LogP contribution in [-0.2, 0) is 0 Å². The van der Waals surface area contributed by atoms with Gasteiger partial charge in [0.25, 0.3) is 0 Å². The van der Waals surface area contributed by atoms with Crippen molar-refractivity contribution in [3.05, 3.63) is 0 Å². The topological polar surface area (TPSA) is 20.2 Å². The fourth-order valence-corrected chi connectivity index (χ4v) is 2.15. The fraction of sp³-hybridized carbons (Fsp3) is 1.00. The second-order valence-electron chi connectivity index (χ2n) is 4.66. The molecule has 1 rings (SSSR count). The van der Waals surface area contributed by atoms with Gasteiger partial charge in [0.1, 0.15) is 5.67 Å². The van der Waals surface area contributed by atoms with Crippen LogP contribution >= 0.6 is 0 Å². The molecule has 0 amide bonds. The van der Waals surface area contributed by atoms with Gasteiger partial charge in [-0.2, -0.15) is 0 Å². The van der Waals surface area contributed by atoms with Gasteiger partial charge in [0.15, 0.2) is 0 Å². The molecule has 0 spiro atoms. The van der Waals surface area contributed by atoms with Gasteiger partial charge in [0.05, 0.1) is 6.10 Å². The van der Waals surface area contributed by atoms with Crippen LogP contribution in [0.25, 0.3) is 0 Å². The quantitative estimate of drug-likeness (QED) is 0.647. The summed E-state index contributed by atoms with van der Waals surface area (Å²) in [7, 11) is 0. The van der Waals surface area contributed by atoms with Gasteiger partial charge in [0, 0.05) is 5.92 Å². The van der Waals surface area contributed by atoms with Gasteiger partial charge in [-0.05, 0) is 32.6 Å². The number of aliphatic hydroxyl groups excluding tert-OH is 1. The third-order valence-electron chi connectivity index (χ3n) is 2.96. The van der Waals surface area contributed by atoms with Crippen molar-refractivity contribution < 1.29 is 9.50 Å². The number of hydrogen-bond donors (Lipinski definition) is 1. The molecule has 0 saturated heterocycles. The summed E-state index contributed by atoms with van der Waals surface area (Å²) in [5.41, 5.74) is -1.22. The largest absolute Gasteiger partial charge is 0.393 e. The molecule has 0 heterocycles. The standard InChI is InChI=1S/C10H19FO/c1-7-4-5-8(9(12)6-7)10(2,3)11/h7-9,12H,4-6H2,1-3H3. The fourth-order valence-electron chi connectivity index (χ4n) is 2.15. The lowest BCUT2D eigenvalue weighted by atomic mass is 9.74. The van der Waals surface area contributed by atoms with Gasteiger partial charge in [-0.25, -0.2) is 4.39 Å². The molecular formula is C10H19FO. The van der Waals surface area contributed by atoms with E-state index in [1.165, 1.54) is 0 Å². The third-order valence-corrected chi connectivity index (χ3v) is 2.96. The van der Waals surface area contributed by atoms with Crippen molar-refractivity contribution in [1.82, 2.24) is 0 Å². The lowest BCUT2D eigenvalue weighted by Crippen LogP contribution is -2.40. The van der Waals surface area contributed by atoms with Crippen molar-refractivity contribution in [2.45, 2.75) is 51.8 Å². The van der Waals surface area contributed by atoms with E-state index in [1.807, 2.05) is 0 Å². The normalized spacial score (nSPS) is 38.2. The van der Waals surface area contributed by atoms with E-state index in [0.717, 1.165) is 19.3 Å². The Morgan fingerprint density at radius 1 is 1.33 bits per heavy atom. The van der Waals surface area contributed by atoms with Crippen LogP contribution in [-0.4, -0.2) is 16.9 Å². The Kier molecular flexibility index (Phi) is 2.77. The molecule has 1 fully saturated rings. The maximum absolute atomic E-state index is 13.5. The Bertz CT molecular complexity index is 150. The Balaban J connectivity index is 2.57. The van der Waals surface area contributed by atoms with Crippen LogP contribution in [0.1, 0.15) is 40.0 Å². The average molecular weight is 174 g/mol. The van der Waals surface area contributed by atoms with E-state index >= 15 is 0 Å². The first-order valence-electron chi connectivity index (χ1n) is 4.78. The molecule has 3 unspecified atom stereocenters. The minimum atomic E-state index is -1.22. The molecular weight excluding hydrogens is 155 g/mol. The predicted octanol–water partition coefficient (Wildman–Crippen LogP) is 2.53. The van der Waals surface area contributed by atoms with Gasteiger partial charge in [-0.3, -0.25) is 0 Å². The van der Waals surface area contributed by atoms with Crippen LogP contribution in [0.3, 0.4) is 0 Å². The van der Waals surface area contributed by atoms with Crippen LogP contribution in [0.4, 0.5) is 4.39 Å². The van der Waals surface area contributed by atoms with Crippen LogP contribution in [0.5, 0.6) is 0 Å². The molecule has 0 radical (unpaired) electrons. The smallest absolute Gasteiger partial charge is 0.110 e. The summed E-state index contributed by atoms with van der Waals surface area (Å²) >= 11 is 0. The lowest BCUT2D eigenvalue weighted by molar-refractivity contribution is -0.0289. The molecule has 2 heteroatoms. The molecule has 0 aliphatic heterocycles. The Morgan fingerprint density at radius 3 is 2.33 bits per heavy atom. The number of alkyl halides is 1. The molecule has 1 nitrogen and oxygen atoms in total. The zero-order valence-electron chi connectivity index (χ0n) is 8.18. The van der Waals surface area contributed by atoms with Gasteiger partial charge in [-0.15, -0.1) is 0 Å². The molecule has 0 aromatic heterocycles. The molecule has 1 N–H and O–H groups in total. The number of halogens is 1. The van der Waals surface area contributed by atoms with Crippen molar-refractivity contribution >= 4 is 0 Å². The molecule has 12 heavy (non-hydrogen) atoms. The second kappa shape index (κ2) is 3.33. The minimum Gasteiger partial charge on any atom is -0.393 e. The summed E-state index contributed by atoms with van der Waals surface area (Å²) in [5, 5.41) is 9.63. The summed E-state index contributed by atoms with van der Waals surface area (Å²) in [5.74, 6) is 0.396. The zero-order valence-corrected chi connectivity index (χ0v) is 8.18. The highest BCUT2D eigenvalue weighted by atomic mass is 19.1. The highest BCUT2D eigenvalue weighted by molar-refractivity contribution is 4.88. The summed E-state index contributed by atoms with van der Waals surface area (Å²) in [4.78, 5) is 0. The number of rotatable bonds is 1. The highest BCUT2D eigenvalue weighted by Crippen LogP contribution is 2.37. The van der Waals surface area contributed by atoms with Crippen molar-refractivity contribution in [3.63, 3.8) is 0 Å². The predicted molar refractivity (Wildman–Crippen MR) is 47.7 cm³/mol. The first kappa shape index (κ1) is 9.97. The molecule has 72 valence electrons. The third kappa shape index (κ3) is 2.19. The molecule has 1 aliphatic rings. The molecule has 1 aliphatic carbocycles. The van der Waals surface area contributed by atoms with E-state index in [2.05, 4.69) is 6.92 Å². The Labute approximate surface area is 74.0 Å². The maximum atomic E-state index is 13.5. The average Bonchev–Trinajstić information content (AvgIpc) is 1.83. The lowest BCUT2D eigenvalue weighted by Gasteiger charge is -2.37. The van der Waals surface area contributed by atoms with Crippen molar-refractivity contribution in [3.8, 4) is 0 Å². The molecule has 1 saturated carbocycles. The highest BCUT2D eigenvalue weighted by Gasteiger charge is 2.38. The van der Waals surface area contributed by atoms with Crippen LogP contribution < -0.4 is 0 Å². The Morgan fingerprint density at radius 2 is 1.92 bits per heavy atom. The van der Waals surface area contributed by atoms with E-state index in [9.17, 15) is 9.50 Å². The second-order valence-corrected chi connectivity index (χ2v) is 4.66. The van der Waals surface area contributed by atoms with Gasteiger partial charge < -0.3 is 5.11 Å². The molecule has 3 atom stereocenters. The van der Waals surface area contributed by atoms with Gasteiger partial charge >= 0.3 is 0 Å². The van der Waals surface area contributed by atoms with E-state index in [1.54, 1.807) is 13.8 Å². The van der Waals surface area contributed by atoms with Crippen LogP contribution in [0, 0.1) is 11.8 Å². The van der Waals surface area contributed by atoms with Crippen LogP contribution in [0.2, 0.25) is 0 Å². The van der Waals surface area contributed by atoms with Crippen molar-refractivity contribution in [1.29, 1.82) is 0 Å². The summed E-state index contributed by atoms with van der Waals surface area (Å²) in [6.45, 7) is 5.25. The van der Waals surface area contributed by atoms with E-state index in [-0.39, 0.29) is 5.92 Å². The SMILES string of the molecule is CC1CCC(C(C)(C)F)C(O)C1. The molecule has 0 aromatic carbocycles. The van der Waals surface area contributed by atoms with E-state index in [4.69, 9.17) is 0 Å². The number of aliphatic hydroxyl groups is 1. The van der Waals surface area contributed by atoms with Crippen molar-refractivity contribution in [2.24, 2.45) is 11.8 Å². The first-order valence-corrected chi connectivity index (χ1v) is 4.78. The first-order chi connectivity index (χ1) is 5.41. The van der Waals surface area contributed by atoms with E-state index in [0.29, 0.717) is 5.92 Å². The van der Waals surface area contributed by atoms with Gasteiger partial charge in [-0.1, -0.05) is 13.3 Å². The van der Waals surface area contributed by atoms with Crippen molar-refractivity contribution in [2.75, 3.05) is 0 Å². The summed E-state index contributed by atoms with van der Waals surface area (Å²) in [6.07, 6.45) is 2.20. The molecule has 0 aromatic rings. The minimum absolute atomic E-state index is 0.159. The monoisotopic (exact) mass is 174 g/mol. The maximum Gasteiger partial charge on any atom is 0.110 e. The van der Waals surface area contributed by atoms with Gasteiger partial charge in [0.2, 0.25) is 0 Å². The van der Waals surface area contributed by atoms with E-state index < -0.39 is 11.8 Å². The van der Waals surface area contributed by atoms with Crippen LogP contribution in [0.15, 0.2) is 0 Å². The summed E-state index contributed by atoms with van der Waals surface area (Å²) < 4.78 is 13.5. The number of hydrogen-bond acceptors (Lipinski definition) is 1. The molecule has 0 bridgehead atoms.